The maximum Gasteiger partial charge on any atom is 0.0351 e. The fraction of sp³-hybridized carbons (Fsp3) is 0.143. The molecule has 0 aromatic heterocycles. The van der Waals surface area contributed by atoms with Crippen LogP contribution < -0.4 is 5.32 Å². The summed E-state index contributed by atoms with van der Waals surface area (Å²) in [6, 6.07) is 0. The molecule has 1 nitrogen and oxygen atoms in total. The van der Waals surface area contributed by atoms with Crippen LogP contribution in [0.1, 0.15) is 6.92 Å². The van der Waals surface area contributed by atoms with Gasteiger partial charge in [-0.15, -0.1) is 0 Å². The van der Waals surface area contributed by atoms with Crippen molar-refractivity contribution in [2.75, 3.05) is 0 Å². The Balaban J connectivity index is 3.83. The van der Waals surface area contributed by atoms with Crippen LogP contribution in [0.4, 0.5) is 0 Å². The zero-order valence-electron chi connectivity index (χ0n) is 5.45. The quantitative estimate of drug-likeness (QED) is 0.599. The van der Waals surface area contributed by atoms with Crippen molar-refractivity contribution in [2.45, 2.75) is 6.92 Å². The van der Waals surface area contributed by atoms with Crippen molar-refractivity contribution in [3.05, 3.63) is 36.2 Å². The van der Waals surface area contributed by atoms with Crippen LogP contribution in [0.3, 0.4) is 0 Å². The third-order valence-corrected chi connectivity index (χ3v) is 0.812. The van der Waals surface area contributed by atoms with Gasteiger partial charge in [-0.3, -0.25) is 0 Å². The van der Waals surface area contributed by atoms with Crippen LogP contribution in [0.25, 0.3) is 0 Å². The van der Waals surface area contributed by atoms with E-state index in [9.17, 15) is 0 Å². The third kappa shape index (κ3) is 5.18. The summed E-state index contributed by atoms with van der Waals surface area (Å²) in [5.74, 6) is 0. The van der Waals surface area contributed by atoms with E-state index >= 15 is 0 Å². The smallest absolute Gasteiger partial charge is 0.0351 e. The average Bonchev–Trinajstić information content (AvgIpc) is 1.63. The van der Waals surface area contributed by atoms with E-state index in [4.69, 9.17) is 11.6 Å². The van der Waals surface area contributed by atoms with Crippen LogP contribution in [0.15, 0.2) is 36.2 Å². The molecule has 50 valence electrons. The van der Waals surface area contributed by atoms with Gasteiger partial charge in [-0.2, -0.15) is 0 Å². The summed E-state index contributed by atoms with van der Waals surface area (Å²) in [7, 11) is 0. The van der Waals surface area contributed by atoms with Gasteiger partial charge < -0.3 is 5.32 Å². The number of hydrogen-bond donors (Lipinski definition) is 1. The van der Waals surface area contributed by atoms with Gasteiger partial charge in [-0.1, -0.05) is 24.8 Å². The van der Waals surface area contributed by atoms with Crippen LogP contribution in [0, 0.1) is 0 Å². The minimum atomic E-state index is 0.516. The molecule has 9 heavy (non-hydrogen) atoms. The number of nitrogens with one attached hydrogen (secondary N) is 1. The molecule has 0 aliphatic heterocycles. The first-order chi connectivity index (χ1) is 4.16. The number of rotatable bonds is 3. The molecule has 0 fully saturated rings. The lowest BCUT2D eigenvalue weighted by molar-refractivity contribution is 1.06. The van der Waals surface area contributed by atoms with Gasteiger partial charge in [0.1, 0.15) is 0 Å². The van der Waals surface area contributed by atoms with E-state index in [1.807, 2.05) is 6.92 Å². The monoisotopic (exact) mass is 143 g/mol. The molecule has 0 aliphatic rings. The molecule has 0 rings (SSSR count). The topological polar surface area (TPSA) is 12.0 Å². The molecule has 0 spiro atoms. The molecular formula is C7H10ClN. The first-order valence-electron chi connectivity index (χ1n) is 2.57. The molecule has 0 amide bonds. The van der Waals surface area contributed by atoms with Crippen molar-refractivity contribution in [2.24, 2.45) is 0 Å². The lowest BCUT2D eigenvalue weighted by Crippen LogP contribution is -1.98. The van der Waals surface area contributed by atoms with Gasteiger partial charge in [0.25, 0.3) is 0 Å². The van der Waals surface area contributed by atoms with Crippen molar-refractivity contribution >= 4 is 11.6 Å². The molecule has 0 aromatic rings. The molecule has 0 bridgehead atoms. The predicted molar refractivity (Wildman–Crippen MR) is 42.1 cm³/mol. The van der Waals surface area contributed by atoms with Crippen molar-refractivity contribution in [1.29, 1.82) is 0 Å². The lowest BCUT2D eigenvalue weighted by Gasteiger charge is -1.96. The fourth-order valence-corrected chi connectivity index (χ4v) is 0.601. The Labute approximate surface area is 60.7 Å². The molecule has 1 N–H and O–H groups in total. The van der Waals surface area contributed by atoms with E-state index in [1.54, 1.807) is 12.3 Å². The Bertz CT molecular complexity index is 147. The molecular weight excluding hydrogens is 134 g/mol. The molecule has 0 saturated carbocycles. The molecule has 0 aromatic carbocycles. The molecule has 2 heteroatoms. The maximum absolute atomic E-state index is 5.46. The summed E-state index contributed by atoms with van der Waals surface area (Å²) in [4.78, 5) is 0. The molecule has 0 aliphatic carbocycles. The zero-order valence-corrected chi connectivity index (χ0v) is 6.20. The van der Waals surface area contributed by atoms with E-state index in [2.05, 4.69) is 18.5 Å². The molecule has 0 saturated heterocycles. The van der Waals surface area contributed by atoms with Crippen molar-refractivity contribution in [1.82, 2.24) is 5.32 Å². The van der Waals surface area contributed by atoms with Crippen LogP contribution in [0.5, 0.6) is 0 Å². The normalized spacial score (nSPS) is 10.7. The molecule has 0 atom stereocenters. The van der Waals surface area contributed by atoms with E-state index in [0.29, 0.717) is 5.03 Å². The second kappa shape index (κ2) is 4.21. The molecule has 0 unspecified atom stereocenters. The van der Waals surface area contributed by atoms with Crippen LogP contribution in [0.2, 0.25) is 0 Å². The lowest BCUT2D eigenvalue weighted by atomic mass is 10.4. The molecule has 0 radical (unpaired) electrons. The van der Waals surface area contributed by atoms with Gasteiger partial charge in [0.15, 0.2) is 0 Å². The van der Waals surface area contributed by atoms with Crippen molar-refractivity contribution < 1.29 is 0 Å². The van der Waals surface area contributed by atoms with Gasteiger partial charge in [-0.05, 0) is 19.2 Å². The second-order valence-corrected chi connectivity index (χ2v) is 2.11. The van der Waals surface area contributed by atoms with Gasteiger partial charge in [0, 0.05) is 10.7 Å². The van der Waals surface area contributed by atoms with E-state index in [-0.39, 0.29) is 0 Å². The van der Waals surface area contributed by atoms with Gasteiger partial charge in [0.2, 0.25) is 0 Å². The average molecular weight is 144 g/mol. The Morgan fingerprint density at radius 1 is 1.67 bits per heavy atom. The second-order valence-electron chi connectivity index (χ2n) is 1.62. The Hall–Kier alpha value is -0.690. The van der Waals surface area contributed by atoms with Gasteiger partial charge in [0.05, 0.1) is 0 Å². The SMILES string of the molecule is C=CN/C(C)=C/C(=C)Cl. The minimum absolute atomic E-state index is 0.516. The van der Waals surface area contributed by atoms with Crippen LogP contribution in [-0.2, 0) is 0 Å². The number of halogens is 1. The minimum Gasteiger partial charge on any atom is -0.366 e. The Morgan fingerprint density at radius 2 is 2.22 bits per heavy atom. The highest BCUT2D eigenvalue weighted by Crippen LogP contribution is 2.00. The highest BCUT2D eigenvalue weighted by molar-refractivity contribution is 6.30. The fourth-order valence-electron chi connectivity index (χ4n) is 0.438. The van der Waals surface area contributed by atoms with Crippen molar-refractivity contribution in [3.63, 3.8) is 0 Å². The maximum atomic E-state index is 5.46. The number of hydrogen-bond acceptors (Lipinski definition) is 1. The van der Waals surface area contributed by atoms with Crippen LogP contribution >= 0.6 is 11.6 Å². The Kier molecular flexibility index (Phi) is 3.89. The van der Waals surface area contributed by atoms with Gasteiger partial charge in [-0.25, -0.2) is 0 Å². The number of allylic oxidation sites excluding steroid dienone is 3. The highest BCUT2D eigenvalue weighted by Gasteiger charge is 1.82. The summed E-state index contributed by atoms with van der Waals surface area (Å²) in [5, 5.41) is 3.37. The van der Waals surface area contributed by atoms with E-state index < -0.39 is 0 Å². The summed E-state index contributed by atoms with van der Waals surface area (Å²) in [5.41, 5.74) is 0.935. The molecule has 0 heterocycles. The summed E-state index contributed by atoms with van der Waals surface area (Å²) in [6.45, 7) is 8.86. The predicted octanol–water partition coefficient (Wildman–Crippen LogP) is 2.38. The zero-order chi connectivity index (χ0) is 7.28. The largest absolute Gasteiger partial charge is 0.366 e. The van der Waals surface area contributed by atoms with Gasteiger partial charge >= 0.3 is 0 Å². The van der Waals surface area contributed by atoms with E-state index in [0.717, 1.165) is 5.70 Å². The first kappa shape index (κ1) is 8.31. The summed E-state index contributed by atoms with van der Waals surface area (Å²) < 4.78 is 0. The first-order valence-corrected chi connectivity index (χ1v) is 2.94. The highest BCUT2D eigenvalue weighted by atomic mass is 35.5. The third-order valence-electron chi connectivity index (χ3n) is 0.703. The Morgan fingerprint density at radius 3 is 2.56 bits per heavy atom. The summed E-state index contributed by atoms with van der Waals surface area (Å²) >= 11 is 5.46. The standard InChI is InChI=1S/C7H10ClN/c1-4-9-7(3)5-6(2)8/h4-5,9H,1-2H2,3H3/b7-5+. The van der Waals surface area contributed by atoms with E-state index in [1.165, 1.54) is 0 Å². The van der Waals surface area contributed by atoms with Crippen molar-refractivity contribution in [3.8, 4) is 0 Å². The summed E-state index contributed by atoms with van der Waals surface area (Å²) in [6.07, 6.45) is 3.31. The van der Waals surface area contributed by atoms with Crippen LogP contribution in [-0.4, -0.2) is 0 Å².